The van der Waals surface area contributed by atoms with E-state index in [-0.39, 0.29) is 17.0 Å². The van der Waals surface area contributed by atoms with Crippen LogP contribution in [0.1, 0.15) is 78.6 Å². The summed E-state index contributed by atoms with van der Waals surface area (Å²) >= 11 is 0. The topological polar surface area (TPSA) is 27.6 Å². The largest absolute Gasteiger partial charge is 1.00 e. The molecule has 0 aliphatic carbocycles. The molecular formula is C13H30BrN. The molecule has 0 aromatic carbocycles. The van der Waals surface area contributed by atoms with E-state index >= 15 is 0 Å². The molecule has 0 amide bonds. The van der Waals surface area contributed by atoms with Crippen molar-refractivity contribution in [1.82, 2.24) is 0 Å². The molecule has 0 aliphatic rings. The first-order valence-corrected chi connectivity index (χ1v) is 6.54. The van der Waals surface area contributed by atoms with Crippen molar-refractivity contribution in [3.8, 4) is 0 Å². The molecule has 0 radical (unpaired) electrons. The van der Waals surface area contributed by atoms with Gasteiger partial charge in [-0.2, -0.15) is 0 Å². The van der Waals surface area contributed by atoms with Crippen LogP contribution in [0.5, 0.6) is 0 Å². The summed E-state index contributed by atoms with van der Waals surface area (Å²) < 4.78 is 0. The van der Waals surface area contributed by atoms with Gasteiger partial charge >= 0.3 is 0 Å². The van der Waals surface area contributed by atoms with Gasteiger partial charge in [-0.05, 0) is 19.3 Å². The maximum atomic E-state index is 4.48. The van der Waals surface area contributed by atoms with Gasteiger partial charge in [-0.1, -0.05) is 40.0 Å². The van der Waals surface area contributed by atoms with Crippen LogP contribution in [0.2, 0.25) is 0 Å². The summed E-state index contributed by atoms with van der Waals surface area (Å²) in [5, 5.41) is 0. The fraction of sp³-hybridized carbons (Fsp3) is 1.00. The number of rotatable bonds is 9. The average molecular weight is 280 g/mol. The molecule has 0 aromatic heterocycles. The normalized spacial score (nSPS) is 11.2. The molecule has 0 aliphatic heterocycles. The zero-order chi connectivity index (χ0) is 10.9. The Bertz CT molecular complexity index is 104. The van der Waals surface area contributed by atoms with Crippen molar-refractivity contribution in [2.24, 2.45) is 0 Å². The minimum atomic E-state index is 0. The quantitative estimate of drug-likeness (QED) is 0.638. The maximum absolute atomic E-state index is 4.48. The number of hydrogen-bond donors (Lipinski definition) is 1. The van der Waals surface area contributed by atoms with Gasteiger partial charge in [-0.15, -0.1) is 0 Å². The number of unbranched alkanes of at least 4 members (excludes halogenated alkanes) is 3. The van der Waals surface area contributed by atoms with E-state index in [0.717, 1.165) is 0 Å². The second kappa shape index (κ2) is 10.9. The minimum absolute atomic E-state index is 0. The Hall–Kier alpha value is 0.440. The van der Waals surface area contributed by atoms with Crippen LogP contribution in [0.4, 0.5) is 0 Å². The summed E-state index contributed by atoms with van der Waals surface area (Å²) in [4.78, 5) is 0. The smallest absolute Gasteiger partial charge is 0.0945 e. The van der Waals surface area contributed by atoms with E-state index in [1.54, 1.807) is 0 Å². The van der Waals surface area contributed by atoms with Gasteiger partial charge in [0.2, 0.25) is 0 Å². The van der Waals surface area contributed by atoms with Crippen molar-refractivity contribution >= 4 is 0 Å². The first-order valence-electron chi connectivity index (χ1n) is 6.54. The lowest BCUT2D eigenvalue weighted by Crippen LogP contribution is -3.00. The molecule has 0 heterocycles. The third-order valence-corrected chi connectivity index (χ3v) is 3.18. The summed E-state index contributed by atoms with van der Waals surface area (Å²) in [6.07, 6.45) is 12.0. The average Bonchev–Trinajstić information content (AvgIpc) is 2.21. The summed E-state index contributed by atoms with van der Waals surface area (Å²) in [5.74, 6) is 0. The minimum Gasteiger partial charge on any atom is -1.00 e. The van der Waals surface area contributed by atoms with Crippen LogP contribution in [-0.4, -0.2) is 5.54 Å². The highest BCUT2D eigenvalue weighted by molar-refractivity contribution is 4.76. The van der Waals surface area contributed by atoms with Gasteiger partial charge in [0.15, 0.2) is 0 Å². The van der Waals surface area contributed by atoms with Crippen molar-refractivity contribution in [3.05, 3.63) is 0 Å². The third kappa shape index (κ3) is 9.37. The van der Waals surface area contributed by atoms with Crippen LogP contribution in [0.3, 0.4) is 0 Å². The molecule has 2 heteroatoms. The van der Waals surface area contributed by atoms with E-state index in [0.29, 0.717) is 5.54 Å². The lowest BCUT2D eigenvalue weighted by molar-refractivity contribution is -0.484. The van der Waals surface area contributed by atoms with E-state index < -0.39 is 0 Å². The fourth-order valence-corrected chi connectivity index (χ4v) is 2.03. The highest BCUT2D eigenvalue weighted by Gasteiger charge is 2.26. The molecule has 15 heavy (non-hydrogen) atoms. The Balaban J connectivity index is 0. The SMILES string of the molecule is CCCCC([NH3+])(CCCC)CCCC.[Br-]. The van der Waals surface area contributed by atoms with Crippen LogP contribution in [0, 0.1) is 0 Å². The van der Waals surface area contributed by atoms with Crippen LogP contribution < -0.4 is 22.7 Å². The molecule has 0 atom stereocenters. The molecule has 0 spiro atoms. The Labute approximate surface area is 107 Å². The van der Waals surface area contributed by atoms with E-state index in [4.69, 9.17) is 0 Å². The third-order valence-electron chi connectivity index (χ3n) is 3.18. The molecule has 0 fully saturated rings. The summed E-state index contributed by atoms with van der Waals surface area (Å²) in [5.41, 5.74) is 4.89. The first-order chi connectivity index (χ1) is 6.68. The Morgan fingerprint density at radius 1 is 0.733 bits per heavy atom. The Kier molecular flexibility index (Phi) is 13.0. The standard InChI is InChI=1S/C13H29N.BrH/c1-4-7-10-13(14,11-8-5-2)12-9-6-3;/h4-12,14H2,1-3H3;1H. The maximum Gasteiger partial charge on any atom is 0.0945 e. The number of quaternary nitrogens is 1. The molecule has 3 N–H and O–H groups in total. The van der Waals surface area contributed by atoms with Gasteiger partial charge in [-0.25, -0.2) is 0 Å². The summed E-state index contributed by atoms with van der Waals surface area (Å²) in [6, 6.07) is 0. The highest BCUT2D eigenvalue weighted by Crippen LogP contribution is 2.22. The van der Waals surface area contributed by atoms with E-state index in [1.807, 2.05) is 0 Å². The molecule has 94 valence electrons. The van der Waals surface area contributed by atoms with Gasteiger partial charge in [0.1, 0.15) is 0 Å². The fourth-order valence-electron chi connectivity index (χ4n) is 2.03. The van der Waals surface area contributed by atoms with Gasteiger partial charge in [0.25, 0.3) is 0 Å². The predicted octanol–water partition coefficient (Wildman–Crippen LogP) is 0.542. The zero-order valence-corrected chi connectivity index (χ0v) is 12.5. The molecule has 1 nitrogen and oxygen atoms in total. The van der Waals surface area contributed by atoms with Gasteiger partial charge < -0.3 is 22.7 Å². The molecule has 0 rings (SSSR count). The van der Waals surface area contributed by atoms with Crippen molar-refractivity contribution in [2.45, 2.75) is 84.1 Å². The molecule has 0 bridgehead atoms. The molecule has 0 saturated heterocycles. The van der Waals surface area contributed by atoms with E-state index in [9.17, 15) is 0 Å². The number of hydrogen-bond acceptors (Lipinski definition) is 0. The predicted molar refractivity (Wildman–Crippen MR) is 64.2 cm³/mol. The van der Waals surface area contributed by atoms with Crippen LogP contribution >= 0.6 is 0 Å². The van der Waals surface area contributed by atoms with Crippen LogP contribution in [-0.2, 0) is 0 Å². The Morgan fingerprint density at radius 2 is 1.00 bits per heavy atom. The highest BCUT2D eigenvalue weighted by atomic mass is 79.9. The molecule has 0 unspecified atom stereocenters. The second-order valence-electron chi connectivity index (χ2n) is 4.81. The first kappa shape index (κ1) is 17.8. The number of halogens is 1. The van der Waals surface area contributed by atoms with Crippen LogP contribution in [0.25, 0.3) is 0 Å². The van der Waals surface area contributed by atoms with Gasteiger partial charge in [0.05, 0.1) is 5.54 Å². The van der Waals surface area contributed by atoms with Crippen LogP contribution in [0.15, 0.2) is 0 Å². The Morgan fingerprint density at radius 3 is 1.20 bits per heavy atom. The zero-order valence-electron chi connectivity index (χ0n) is 10.9. The van der Waals surface area contributed by atoms with Gasteiger partial charge in [0, 0.05) is 19.3 Å². The van der Waals surface area contributed by atoms with Crippen molar-refractivity contribution < 1.29 is 22.7 Å². The lowest BCUT2D eigenvalue weighted by Gasteiger charge is -2.25. The van der Waals surface area contributed by atoms with Gasteiger partial charge in [-0.3, -0.25) is 0 Å². The summed E-state index contributed by atoms with van der Waals surface area (Å²) in [7, 11) is 0. The summed E-state index contributed by atoms with van der Waals surface area (Å²) in [6.45, 7) is 6.83. The lowest BCUT2D eigenvalue weighted by atomic mass is 9.84. The molecule has 0 aromatic rings. The monoisotopic (exact) mass is 279 g/mol. The second-order valence-corrected chi connectivity index (χ2v) is 4.81. The van der Waals surface area contributed by atoms with E-state index in [1.165, 1.54) is 57.8 Å². The molecule has 0 saturated carbocycles. The van der Waals surface area contributed by atoms with E-state index in [2.05, 4.69) is 26.5 Å². The molecular weight excluding hydrogens is 250 g/mol. The van der Waals surface area contributed by atoms with Crippen molar-refractivity contribution in [1.29, 1.82) is 0 Å². The van der Waals surface area contributed by atoms with Crippen molar-refractivity contribution in [3.63, 3.8) is 0 Å². The van der Waals surface area contributed by atoms with Crippen molar-refractivity contribution in [2.75, 3.05) is 0 Å².